The average molecular weight is 416 g/mol. The van der Waals surface area contributed by atoms with Gasteiger partial charge in [-0.25, -0.2) is 9.78 Å². The van der Waals surface area contributed by atoms with Crippen LogP contribution in [0.25, 0.3) is 0 Å². The summed E-state index contributed by atoms with van der Waals surface area (Å²) < 4.78 is 31.7. The van der Waals surface area contributed by atoms with Crippen LogP contribution in [0.15, 0.2) is 29.6 Å². The lowest BCUT2D eigenvalue weighted by molar-refractivity contribution is -0.192. The lowest BCUT2D eigenvalue weighted by Crippen LogP contribution is -2.32. The number of hydrogen-bond acceptors (Lipinski definition) is 5. The van der Waals surface area contributed by atoms with Crippen LogP contribution in [0.2, 0.25) is 0 Å². The number of rotatable bonds is 4. The largest absolute Gasteiger partial charge is 0.508 e. The van der Waals surface area contributed by atoms with Gasteiger partial charge in [0.15, 0.2) is 0 Å². The van der Waals surface area contributed by atoms with Gasteiger partial charge in [0.05, 0.1) is 0 Å². The second-order valence-corrected chi connectivity index (χ2v) is 7.65. The van der Waals surface area contributed by atoms with Crippen LogP contribution in [0, 0.1) is 6.92 Å². The molecule has 154 valence electrons. The summed E-state index contributed by atoms with van der Waals surface area (Å²) in [5.41, 5.74) is 2.48. The van der Waals surface area contributed by atoms with E-state index in [0.717, 1.165) is 12.2 Å². The van der Waals surface area contributed by atoms with E-state index >= 15 is 0 Å². The van der Waals surface area contributed by atoms with Crippen molar-refractivity contribution in [3.8, 4) is 5.75 Å². The predicted molar refractivity (Wildman–Crippen MR) is 100 cm³/mol. The quantitative estimate of drug-likeness (QED) is 0.678. The number of benzene rings is 1. The van der Waals surface area contributed by atoms with E-state index in [2.05, 4.69) is 27.8 Å². The number of thiazole rings is 1. The number of carboxylic acid groups (broad SMARTS) is 1. The maximum atomic E-state index is 10.6. The van der Waals surface area contributed by atoms with Crippen molar-refractivity contribution < 1.29 is 28.2 Å². The van der Waals surface area contributed by atoms with Gasteiger partial charge in [-0.15, -0.1) is 11.3 Å². The van der Waals surface area contributed by atoms with Gasteiger partial charge in [-0.3, -0.25) is 0 Å². The first-order valence-electron chi connectivity index (χ1n) is 8.88. The molecule has 1 aromatic carbocycles. The SMILES string of the molecule is Cc1csc(CNC2CCC(c3ccc(O)cc3)CC2)n1.O=C(O)C(F)(F)F. The highest BCUT2D eigenvalue weighted by molar-refractivity contribution is 7.09. The number of aliphatic carboxylic acids is 1. The van der Waals surface area contributed by atoms with Crippen molar-refractivity contribution in [1.29, 1.82) is 0 Å². The van der Waals surface area contributed by atoms with Gasteiger partial charge < -0.3 is 15.5 Å². The molecule has 0 saturated heterocycles. The molecule has 9 heteroatoms. The number of carboxylic acids is 1. The third-order valence-electron chi connectivity index (χ3n) is 4.54. The molecule has 1 heterocycles. The summed E-state index contributed by atoms with van der Waals surface area (Å²) in [4.78, 5) is 13.4. The van der Waals surface area contributed by atoms with Crippen molar-refractivity contribution in [3.05, 3.63) is 45.9 Å². The first kappa shape index (κ1) is 22.2. The van der Waals surface area contributed by atoms with Gasteiger partial charge in [0.1, 0.15) is 10.8 Å². The van der Waals surface area contributed by atoms with Crippen LogP contribution in [0.4, 0.5) is 13.2 Å². The summed E-state index contributed by atoms with van der Waals surface area (Å²) in [6.45, 7) is 2.94. The third-order valence-corrected chi connectivity index (χ3v) is 5.51. The predicted octanol–water partition coefficient (Wildman–Crippen LogP) is 4.61. The molecule has 0 bridgehead atoms. The average Bonchev–Trinajstić information content (AvgIpc) is 3.06. The lowest BCUT2D eigenvalue weighted by Gasteiger charge is -2.29. The van der Waals surface area contributed by atoms with Gasteiger partial charge in [-0.05, 0) is 56.2 Å². The Bertz CT molecular complexity index is 755. The molecule has 0 radical (unpaired) electrons. The van der Waals surface area contributed by atoms with Crippen LogP contribution in [-0.4, -0.2) is 33.4 Å². The zero-order valence-corrected chi connectivity index (χ0v) is 16.2. The molecule has 28 heavy (non-hydrogen) atoms. The fourth-order valence-corrected chi connectivity index (χ4v) is 3.82. The Kier molecular flexibility index (Phi) is 7.82. The molecule has 2 aromatic rings. The van der Waals surface area contributed by atoms with Crippen molar-refractivity contribution in [3.63, 3.8) is 0 Å². The standard InChI is InChI=1S/C17H22N2OS.C2HF3O2/c1-12-11-21-17(19-12)10-18-15-6-2-13(3-7-15)14-4-8-16(20)9-5-14;3-2(4,5)1(6)7/h4-5,8-9,11,13,15,18,20H,2-3,6-7,10H2,1H3;(H,6,7). The highest BCUT2D eigenvalue weighted by Crippen LogP contribution is 2.33. The second kappa shape index (κ2) is 9.88. The molecule has 3 N–H and O–H groups in total. The lowest BCUT2D eigenvalue weighted by atomic mass is 9.82. The van der Waals surface area contributed by atoms with Gasteiger partial charge in [0.2, 0.25) is 0 Å². The maximum Gasteiger partial charge on any atom is 0.490 e. The molecule has 0 spiro atoms. The zero-order chi connectivity index (χ0) is 20.7. The molecule has 0 aliphatic heterocycles. The summed E-state index contributed by atoms with van der Waals surface area (Å²) in [5.74, 6) is -1.76. The number of carbonyl (C=O) groups is 1. The summed E-state index contributed by atoms with van der Waals surface area (Å²) >= 11 is 1.74. The number of phenolic OH excluding ortho intramolecular Hbond substituents is 1. The summed E-state index contributed by atoms with van der Waals surface area (Å²) in [6, 6.07) is 8.33. The molecule has 0 unspecified atom stereocenters. The van der Waals surface area contributed by atoms with E-state index in [1.54, 1.807) is 23.5 Å². The first-order chi connectivity index (χ1) is 13.1. The van der Waals surface area contributed by atoms with Gasteiger partial charge in [0.25, 0.3) is 0 Å². The normalized spacial score (nSPS) is 19.6. The summed E-state index contributed by atoms with van der Waals surface area (Å²) in [5, 5.41) is 23.4. The van der Waals surface area contributed by atoms with Crippen molar-refractivity contribution >= 4 is 17.3 Å². The molecular formula is C19H23F3N2O3S. The van der Waals surface area contributed by atoms with Gasteiger partial charge in [-0.1, -0.05) is 12.1 Å². The van der Waals surface area contributed by atoms with E-state index in [-0.39, 0.29) is 0 Å². The number of nitrogens with one attached hydrogen (secondary N) is 1. The Hall–Kier alpha value is -2.13. The van der Waals surface area contributed by atoms with E-state index in [0.29, 0.717) is 17.7 Å². The number of halogens is 3. The molecule has 1 aliphatic rings. The molecule has 0 atom stereocenters. The minimum atomic E-state index is -5.08. The van der Waals surface area contributed by atoms with Crippen LogP contribution < -0.4 is 5.32 Å². The number of hydrogen-bond donors (Lipinski definition) is 3. The zero-order valence-electron chi connectivity index (χ0n) is 15.4. The fraction of sp³-hybridized carbons (Fsp3) is 0.474. The summed E-state index contributed by atoms with van der Waals surface area (Å²) in [7, 11) is 0. The molecule has 3 rings (SSSR count). The second-order valence-electron chi connectivity index (χ2n) is 6.71. The molecule has 1 aromatic heterocycles. The number of aromatic nitrogens is 1. The van der Waals surface area contributed by atoms with Crippen molar-refractivity contribution in [2.75, 3.05) is 0 Å². The van der Waals surface area contributed by atoms with E-state index < -0.39 is 12.1 Å². The maximum absolute atomic E-state index is 10.6. The van der Waals surface area contributed by atoms with E-state index in [9.17, 15) is 18.3 Å². The van der Waals surface area contributed by atoms with Crippen LogP contribution in [0.1, 0.15) is 47.9 Å². The van der Waals surface area contributed by atoms with Gasteiger partial charge in [-0.2, -0.15) is 13.2 Å². The smallest absolute Gasteiger partial charge is 0.490 e. The number of aryl methyl sites for hydroxylation is 1. The Morgan fingerprint density at radius 3 is 2.25 bits per heavy atom. The Labute approximate surface area is 165 Å². The Balaban J connectivity index is 0.000000345. The molecule has 0 amide bonds. The van der Waals surface area contributed by atoms with Gasteiger partial charge >= 0.3 is 12.1 Å². The topological polar surface area (TPSA) is 82.5 Å². The van der Waals surface area contributed by atoms with E-state index in [4.69, 9.17) is 9.90 Å². The fourth-order valence-electron chi connectivity index (χ4n) is 3.09. The van der Waals surface area contributed by atoms with Crippen LogP contribution in [0.5, 0.6) is 5.75 Å². The highest BCUT2D eigenvalue weighted by atomic mass is 32.1. The molecule has 1 fully saturated rings. The number of alkyl halides is 3. The monoisotopic (exact) mass is 416 g/mol. The molecule has 1 aliphatic carbocycles. The van der Waals surface area contributed by atoms with Crippen LogP contribution >= 0.6 is 11.3 Å². The number of aromatic hydroxyl groups is 1. The number of phenols is 1. The first-order valence-corrected chi connectivity index (χ1v) is 9.76. The third kappa shape index (κ3) is 7.12. The van der Waals surface area contributed by atoms with Gasteiger partial charge in [0, 0.05) is 23.7 Å². The minimum Gasteiger partial charge on any atom is -0.508 e. The minimum absolute atomic E-state index is 0.354. The Morgan fingerprint density at radius 1 is 1.21 bits per heavy atom. The molecule has 1 saturated carbocycles. The van der Waals surface area contributed by atoms with Crippen molar-refractivity contribution in [2.45, 2.75) is 57.3 Å². The Morgan fingerprint density at radius 2 is 1.79 bits per heavy atom. The van der Waals surface area contributed by atoms with Crippen molar-refractivity contribution in [1.82, 2.24) is 10.3 Å². The molecule has 5 nitrogen and oxygen atoms in total. The van der Waals surface area contributed by atoms with Crippen LogP contribution in [-0.2, 0) is 11.3 Å². The van der Waals surface area contributed by atoms with E-state index in [1.165, 1.54) is 36.3 Å². The van der Waals surface area contributed by atoms with E-state index in [1.807, 2.05) is 6.92 Å². The molecular weight excluding hydrogens is 393 g/mol. The van der Waals surface area contributed by atoms with Crippen LogP contribution in [0.3, 0.4) is 0 Å². The number of nitrogens with zero attached hydrogens (tertiary/aromatic N) is 1. The summed E-state index contributed by atoms with van der Waals surface area (Å²) in [6.07, 6.45) is -0.204. The highest BCUT2D eigenvalue weighted by Gasteiger charge is 2.38. The van der Waals surface area contributed by atoms with Crippen molar-refractivity contribution in [2.24, 2.45) is 0 Å².